The van der Waals surface area contributed by atoms with Gasteiger partial charge in [0.2, 0.25) is 0 Å². The van der Waals surface area contributed by atoms with E-state index < -0.39 is 5.97 Å². The van der Waals surface area contributed by atoms with Crippen molar-refractivity contribution in [3.8, 4) is 5.75 Å². The average Bonchev–Trinajstić information content (AvgIpc) is 2.19. The van der Waals surface area contributed by atoms with E-state index in [4.69, 9.17) is 4.74 Å². The normalized spacial score (nSPS) is 10.1. The monoisotopic (exact) mass is 190 g/mol. The van der Waals surface area contributed by atoms with E-state index in [0.717, 1.165) is 0 Å². The van der Waals surface area contributed by atoms with Crippen LogP contribution in [0.5, 0.6) is 5.75 Å². The van der Waals surface area contributed by atoms with Crippen molar-refractivity contribution >= 4 is 12.3 Å². The molecule has 0 bridgehead atoms. The van der Waals surface area contributed by atoms with Gasteiger partial charge in [-0.05, 0) is 19.1 Å². The molecule has 0 saturated heterocycles. The van der Waals surface area contributed by atoms with Crippen molar-refractivity contribution in [1.29, 1.82) is 0 Å². The lowest BCUT2D eigenvalue weighted by atomic mass is 10.2. The standard InChI is InChI=1S/C11H10O3/c1-2-5-11(13)14-10-7-4-3-6-9(10)8-12/h2-8H,1H3/b5-2+. The molecule has 0 N–H and O–H groups in total. The minimum atomic E-state index is -0.484. The van der Waals surface area contributed by atoms with Crippen LogP contribution in [0.4, 0.5) is 0 Å². The Bertz CT molecular complexity index is 367. The van der Waals surface area contributed by atoms with Crippen molar-refractivity contribution in [3.05, 3.63) is 42.0 Å². The molecule has 14 heavy (non-hydrogen) atoms. The first-order valence-corrected chi connectivity index (χ1v) is 4.16. The van der Waals surface area contributed by atoms with Gasteiger partial charge >= 0.3 is 5.97 Å². The SMILES string of the molecule is C/C=C/C(=O)Oc1ccccc1C=O. The second kappa shape index (κ2) is 4.97. The fraction of sp³-hybridized carbons (Fsp3) is 0.0909. The van der Waals surface area contributed by atoms with E-state index in [-0.39, 0.29) is 5.75 Å². The molecule has 0 aliphatic heterocycles. The number of allylic oxidation sites excluding steroid dienone is 1. The third-order valence-electron chi connectivity index (χ3n) is 1.56. The maximum atomic E-state index is 11.1. The zero-order valence-corrected chi connectivity index (χ0v) is 7.77. The third kappa shape index (κ3) is 2.55. The topological polar surface area (TPSA) is 43.4 Å². The number of carbonyl (C=O) groups is 2. The Labute approximate surface area is 82.0 Å². The van der Waals surface area contributed by atoms with Gasteiger partial charge in [-0.3, -0.25) is 4.79 Å². The van der Waals surface area contributed by atoms with Crippen LogP contribution in [-0.2, 0) is 4.79 Å². The highest BCUT2D eigenvalue weighted by Gasteiger charge is 2.04. The van der Waals surface area contributed by atoms with Crippen LogP contribution in [0.25, 0.3) is 0 Å². The molecular formula is C11H10O3. The molecule has 0 saturated carbocycles. The summed E-state index contributed by atoms with van der Waals surface area (Å²) in [6, 6.07) is 6.57. The highest BCUT2D eigenvalue weighted by molar-refractivity contribution is 5.87. The van der Waals surface area contributed by atoms with Crippen LogP contribution in [-0.4, -0.2) is 12.3 Å². The fourth-order valence-corrected chi connectivity index (χ4v) is 0.949. The molecule has 0 heterocycles. The Kier molecular flexibility index (Phi) is 3.61. The number of para-hydroxylation sites is 1. The second-order valence-electron chi connectivity index (χ2n) is 2.58. The number of hydrogen-bond acceptors (Lipinski definition) is 3. The molecule has 1 aromatic carbocycles. The summed E-state index contributed by atoms with van der Waals surface area (Å²) >= 11 is 0. The van der Waals surface area contributed by atoms with E-state index >= 15 is 0 Å². The highest BCUT2D eigenvalue weighted by Crippen LogP contribution is 2.15. The van der Waals surface area contributed by atoms with E-state index in [1.54, 1.807) is 37.3 Å². The Hall–Kier alpha value is -1.90. The summed E-state index contributed by atoms with van der Waals surface area (Å²) in [7, 11) is 0. The van der Waals surface area contributed by atoms with Gasteiger partial charge in [-0.15, -0.1) is 0 Å². The van der Waals surface area contributed by atoms with Crippen molar-refractivity contribution in [3.63, 3.8) is 0 Å². The van der Waals surface area contributed by atoms with Crippen LogP contribution < -0.4 is 4.74 Å². The smallest absolute Gasteiger partial charge is 0.335 e. The van der Waals surface area contributed by atoms with Gasteiger partial charge in [0.25, 0.3) is 0 Å². The van der Waals surface area contributed by atoms with Crippen LogP contribution in [0.1, 0.15) is 17.3 Å². The van der Waals surface area contributed by atoms with E-state index in [1.807, 2.05) is 0 Å². The molecule has 0 unspecified atom stereocenters. The molecular weight excluding hydrogens is 180 g/mol. The van der Waals surface area contributed by atoms with Gasteiger partial charge in [-0.1, -0.05) is 18.2 Å². The number of aldehydes is 1. The summed E-state index contributed by atoms with van der Waals surface area (Å²) in [5.41, 5.74) is 0.366. The predicted molar refractivity (Wildman–Crippen MR) is 52.3 cm³/mol. The highest BCUT2D eigenvalue weighted by atomic mass is 16.5. The molecule has 3 nitrogen and oxygen atoms in total. The lowest BCUT2D eigenvalue weighted by Crippen LogP contribution is -2.05. The zero-order valence-electron chi connectivity index (χ0n) is 7.77. The average molecular weight is 190 g/mol. The Morgan fingerprint density at radius 3 is 2.71 bits per heavy atom. The molecule has 0 fully saturated rings. The first kappa shape index (κ1) is 10.2. The minimum absolute atomic E-state index is 0.283. The molecule has 0 aliphatic carbocycles. The first-order chi connectivity index (χ1) is 6.77. The molecule has 0 aromatic heterocycles. The van der Waals surface area contributed by atoms with Crippen LogP contribution in [0, 0.1) is 0 Å². The number of ether oxygens (including phenoxy) is 1. The molecule has 1 aromatic rings. The van der Waals surface area contributed by atoms with Crippen molar-refractivity contribution in [2.45, 2.75) is 6.92 Å². The second-order valence-corrected chi connectivity index (χ2v) is 2.58. The van der Waals surface area contributed by atoms with Gasteiger partial charge in [-0.25, -0.2) is 4.79 Å². The molecule has 72 valence electrons. The van der Waals surface area contributed by atoms with Crippen molar-refractivity contribution in [2.75, 3.05) is 0 Å². The Morgan fingerprint density at radius 1 is 1.36 bits per heavy atom. The maximum Gasteiger partial charge on any atom is 0.335 e. The molecule has 0 spiro atoms. The maximum absolute atomic E-state index is 11.1. The van der Waals surface area contributed by atoms with Crippen molar-refractivity contribution in [1.82, 2.24) is 0 Å². The molecule has 1 rings (SSSR count). The summed E-state index contributed by atoms with van der Waals surface area (Å²) in [5.74, 6) is -0.201. The zero-order chi connectivity index (χ0) is 10.4. The summed E-state index contributed by atoms with van der Waals surface area (Å²) in [6.45, 7) is 1.72. The van der Waals surface area contributed by atoms with Gasteiger partial charge in [0.1, 0.15) is 5.75 Å². The van der Waals surface area contributed by atoms with E-state index in [9.17, 15) is 9.59 Å². The number of rotatable bonds is 3. The largest absolute Gasteiger partial charge is 0.423 e. The fourth-order valence-electron chi connectivity index (χ4n) is 0.949. The number of benzene rings is 1. The quantitative estimate of drug-likeness (QED) is 0.317. The van der Waals surface area contributed by atoms with Crippen LogP contribution in [0.3, 0.4) is 0 Å². The molecule has 0 radical (unpaired) electrons. The minimum Gasteiger partial charge on any atom is -0.423 e. The summed E-state index contributed by atoms with van der Waals surface area (Å²) in [4.78, 5) is 21.6. The van der Waals surface area contributed by atoms with Gasteiger partial charge in [0, 0.05) is 6.08 Å². The van der Waals surface area contributed by atoms with E-state index in [0.29, 0.717) is 11.8 Å². The summed E-state index contributed by atoms with van der Waals surface area (Å²) in [6.07, 6.45) is 3.52. The molecule has 0 atom stereocenters. The van der Waals surface area contributed by atoms with E-state index in [2.05, 4.69) is 0 Å². The van der Waals surface area contributed by atoms with E-state index in [1.165, 1.54) is 6.08 Å². The van der Waals surface area contributed by atoms with Crippen LogP contribution >= 0.6 is 0 Å². The van der Waals surface area contributed by atoms with Gasteiger partial charge in [-0.2, -0.15) is 0 Å². The van der Waals surface area contributed by atoms with Crippen LogP contribution in [0.15, 0.2) is 36.4 Å². The van der Waals surface area contributed by atoms with Gasteiger partial charge in [0.15, 0.2) is 6.29 Å². The van der Waals surface area contributed by atoms with Crippen LogP contribution in [0.2, 0.25) is 0 Å². The van der Waals surface area contributed by atoms with Crippen molar-refractivity contribution in [2.24, 2.45) is 0 Å². The molecule has 0 amide bonds. The Balaban J connectivity index is 2.85. The molecule has 0 aliphatic rings. The Morgan fingerprint density at radius 2 is 2.07 bits per heavy atom. The van der Waals surface area contributed by atoms with Gasteiger partial charge < -0.3 is 4.74 Å². The number of hydrogen-bond donors (Lipinski definition) is 0. The summed E-state index contributed by atoms with van der Waals surface area (Å²) in [5, 5.41) is 0. The van der Waals surface area contributed by atoms with Crippen molar-refractivity contribution < 1.29 is 14.3 Å². The predicted octanol–water partition coefficient (Wildman–Crippen LogP) is 1.98. The van der Waals surface area contributed by atoms with Gasteiger partial charge in [0.05, 0.1) is 5.56 Å². The third-order valence-corrected chi connectivity index (χ3v) is 1.56. The number of esters is 1. The molecule has 3 heteroatoms. The number of carbonyl (C=O) groups excluding carboxylic acids is 2. The lowest BCUT2D eigenvalue weighted by Gasteiger charge is -2.02. The lowest BCUT2D eigenvalue weighted by molar-refractivity contribution is -0.129. The first-order valence-electron chi connectivity index (χ1n) is 4.16. The summed E-state index contributed by atoms with van der Waals surface area (Å²) < 4.78 is 4.92.